The first kappa shape index (κ1) is 19.9. The molecule has 7 nitrogen and oxygen atoms in total. The molecule has 1 aliphatic heterocycles. The van der Waals surface area contributed by atoms with Crippen LogP contribution in [-0.4, -0.2) is 48.8 Å². The third-order valence-corrected chi connectivity index (χ3v) is 6.41. The van der Waals surface area contributed by atoms with Gasteiger partial charge in [0.15, 0.2) is 5.16 Å². The highest BCUT2D eigenvalue weighted by molar-refractivity contribution is 7.99. The summed E-state index contributed by atoms with van der Waals surface area (Å²) in [5.41, 5.74) is 0.751. The number of unbranched alkanes of at least 4 members (excludes halogenated alkanes) is 1. The molecule has 0 atom stereocenters. The van der Waals surface area contributed by atoms with E-state index in [0.717, 1.165) is 44.3 Å². The van der Waals surface area contributed by atoms with Gasteiger partial charge < -0.3 is 4.90 Å². The molecule has 3 heterocycles. The van der Waals surface area contributed by atoms with Crippen LogP contribution >= 0.6 is 11.8 Å². The number of thioether (sulfide) groups is 1. The van der Waals surface area contributed by atoms with E-state index >= 15 is 0 Å². The van der Waals surface area contributed by atoms with Crippen LogP contribution in [0.1, 0.15) is 45.4 Å². The van der Waals surface area contributed by atoms with Crippen molar-refractivity contribution in [2.75, 3.05) is 18.8 Å². The number of hydrogen-bond donors (Lipinski definition) is 0. The number of likely N-dealkylation sites (tertiary alicyclic amines) is 1. The van der Waals surface area contributed by atoms with Gasteiger partial charge in [0, 0.05) is 19.6 Å². The number of carbonyl (C=O) groups excluding carboxylic acids is 1. The number of hydrogen-bond acceptors (Lipinski definition) is 5. The summed E-state index contributed by atoms with van der Waals surface area (Å²) >= 11 is 1.40. The van der Waals surface area contributed by atoms with E-state index in [9.17, 15) is 9.59 Å². The first-order chi connectivity index (χ1) is 14.2. The van der Waals surface area contributed by atoms with Crippen molar-refractivity contribution in [3.63, 3.8) is 0 Å². The molecular weight excluding hydrogens is 386 g/mol. The SMILES string of the molecule is CCCCn1c(=O)c2ccccc2n2c(SCC(=O)N3CCCCCC3)nnc12. The molecule has 4 rings (SSSR count). The van der Waals surface area contributed by atoms with Crippen molar-refractivity contribution >= 4 is 34.3 Å². The number of para-hydroxylation sites is 1. The van der Waals surface area contributed by atoms with Gasteiger partial charge in [-0.2, -0.15) is 0 Å². The molecule has 0 aliphatic carbocycles. The minimum absolute atomic E-state index is 0.0360. The van der Waals surface area contributed by atoms with Crippen molar-refractivity contribution in [3.05, 3.63) is 34.6 Å². The van der Waals surface area contributed by atoms with Gasteiger partial charge in [0.1, 0.15) is 0 Å². The first-order valence-corrected chi connectivity index (χ1v) is 11.5. The molecule has 0 N–H and O–H groups in total. The summed E-state index contributed by atoms with van der Waals surface area (Å²) in [6.45, 7) is 4.40. The second-order valence-corrected chi connectivity index (χ2v) is 8.47. The molecular formula is C21H27N5O2S. The fourth-order valence-corrected chi connectivity index (χ4v) is 4.73. The van der Waals surface area contributed by atoms with Gasteiger partial charge in [0.25, 0.3) is 5.56 Å². The second kappa shape index (κ2) is 8.98. The van der Waals surface area contributed by atoms with Gasteiger partial charge in [-0.25, -0.2) is 0 Å². The number of fused-ring (bicyclic) bond motifs is 3. The van der Waals surface area contributed by atoms with Crippen molar-refractivity contribution in [2.45, 2.75) is 57.1 Å². The molecule has 1 aromatic carbocycles. The number of benzene rings is 1. The van der Waals surface area contributed by atoms with E-state index in [1.54, 1.807) is 4.57 Å². The zero-order valence-corrected chi connectivity index (χ0v) is 17.7. The maximum Gasteiger partial charge on any atom is 0.262 e. The molecule has 3 aromatic rings. The highest BCUT2D eigenvalue weighted by atomic mass is 32.2. The summed E-state index contributed by atoms with van der Waals surface area (Å²) in [6.07, 6.45) is 6.46. The average molecular weight is 414 g/mol. The van der Waals surface area contributed by atoms with Gasteiger partial charge in [-0.05, 0) is 31.4 Å². The van der Waals surface area contributed by atoms with Crippen LogP contribution in [0, 0.1) is 0 Å². The minimum Gasteiger partial charge on any atom is -0.342 e. The molecule has 0 unspecified atom stereocenters. The Morgan fingerprint density at radius 1 is 1.10 bits per heavy atom. The number of aryl methyl sites for hydroxylation is 1. The first-order valence-electron chi connectivity index (χ1n) is 10.5. The molecule has 1 amide bonds. The summed E-state index contributed by atoms with van der Waals surface area (Å²) in [4.78, 5) is 27.6. The predicted octanol–water partition coefficient (Wildman–Crippen LogP) is 3.34. The Kier molecular flexibility index (Phi) is 6.18. The van der Waals surface area contributed by atoms with Crippen LogP contribution in [0.4, 0.5) is 0 Å². The van der Waals surface area contributed by atoms with Crippen LogP contribution in [-0.2, 0) is 11.3 Å². The predicted molar refractivity (Wildman–Crippen MR) is 115 cm³/mol. The quantitative estimate of drug-likeness (QED) is 0.580. The van der Waals surface area contributed by atoms with Gasteiger partial charge in [-0.15, -0.1) is 10.2 Å². The van der Waals surface area contributed by atoms with Gasteiger partial charge in [0.05, 0.1) is 16.7 Å². The molecule has 0 bridgehead atoms. The van der Waals surface area contributed by atoms with E-state index in [0.29, 0.717) is 28.6 Å². The van der Waals surface area contributed by atoms with Crippen molar-refractivity contribution < 1.29 is 4.79 Å². The van der Waals surface area contributed by atoms with E-state index in [2.05, 4.69) is 17.1 Å². The molecule has 29 heavy (non-hydrogen) atoms. The highest BCUT2D eigenvalue weighted by Crippen LogP contribution is 2.22. The van der Waals surface area contributed by atoms with E-state index in [1.807, 2.05) is 33.6 Å². The second-order valence-electron chi connectivity index (χ2n) is 7.53. The smallest absolute Gasteiger partial charge is 0.262 e. The molecule has 0 spiro atoms. The maximum atomic E-state index is 13.0. The maximum absolute atomic E-state index is 13.0. The topological polar surface area (TPSA) is 72.5 Å². The van der Waals surface area contributed by atoms with Gasteiger partial charge in [-0.3, -0.25) is 18.6 Å². The van der Waals surface area contributed by atoms with Crippen LogP contribution in [0.15, 0.2) is 34.2 Å². The normalized spacial score (nSPS) is 15.1. The largest absolute Gasteiger partial charge is 0.342 e. The third-order valence-electron chi connectivity index (χ3n) is 5.50. The number of nitrogens with zero attached hydrogens (tertiary/aromatic N) is 5. The number of aromatic nitrogens is 4. The number of carbonyl (C=O) groups is 1. The minimum atomic E-state index is -0.0360. The fourth-order valence-electron chi connectivity index (χ4n) is 3.88. The average Bonchev–Trinajstić information content (AvgIpc) is 2.97. The Morgan fingerprint density at radius 2 is 1.86 bits per heavy atom. The Morgan fingerprint density at radius 3 is 2.62 bits per heavy atom. The molecule has 8 heteroatoms. The lowest BCUT2D eigenvalue weighted by molar-refractivity contribution is -0.128. The standard InChI is InChI=1S/C21H27N5O2S/c1-2-3-14-25-19(28)16-10-6-7-11-17(16)26-20(25)22-23-21(26)29-15-18(27)24-12-8-4-5-9-13-24/h6-7,10-11H,2-5,8-9,12-15H2,1H3. The van der Waals surface area contributed by atoms with E-state index in [1.165, 1.54) is 24.6 Å². The Labute approximate surface area is 174 Å². The molecule has 0 saturated carbocycles. The molecule has 1 fully saturated rings. The number of rotatable bonds is 6. The van der Waals surface area contributed by atoms with Crippen LogP contribution in [0.3, 0.4) is 0 Å². The monoisotopic (exact) mass is 413 g/mol. The fraction of sp³-hybridized carbons (Fsp3) is 0.524. The lowest BCUT2D eigenvalue weighted by Crippen LogP contribution is -2.33. The summed E-state index contributed by atoms with van der Waals surface area (Å²) in [5.74, 6) is 1.03. The van der Waals surface area contributed by atoms with E-state index in [-0.39, 0.29) is 11.5 Å². The lowest BCUT2D eigenvalue weighted by Gasteiger charge is -2.19. The zero-order chi connectivity index (χ0) is 20.2. The molecule has 1 saturated heterocycles. The van der Waals surface area contributed by atoms with E-state index in [4.69, 9.17) is 0 Å². The van der Waals surface area contributed by atoms with Gasteiger partial charge in [0.2, 0.25) is 11.7 Å². The van der Waals surface area contributed by atoms with E-state index < -0.39 is 0 Å². The Balaban J connectivity index is 1.67. The van der Waals surface area contributed by atoms with Crippen molar-refractivity contribution in [1.82, 2.24) is 24.1 Å². The lowest BCUT2D eigenvalue weighted by atomic mass is 10.2. The molecule has 0 radical (unpaired) electrons. The Bertz CT molecular complexity index is 1070. The van der Waals surface area contributed by atoms with Gasteiger partial charge in [-0.1, -0.05) is 50.1 Å². The summed E-state index contributed by atoms with van der Waals surface area (Å²) in [7, 11) is 0. The van der Waals surface area contributed by atoms with Crippen molar-refractivity contribution in [2.24, 2.45) is 0 Å². The van der Waals surface area contributed by atoms with Crippen LogP contribution in [0.5, 0.6) is 0 Å². The molecule has 154 valence electrons. The van der Waals surface area contributed by atoms with Crippen LogP contribution < -0.4 is 5.56 Å². The molecule has 1 aliphatic rings. The van der Waals surface area contributed by atoms with Crippen molar-refractivity contribution in [3.8, 4) is 0 Å². The third kappa shape index (κ3) is 4.03. The van der Waals surface area contributed by atoms with Crippen LogP contribution in [0.2, 0.25) is 0 Å². The van der Waals surface area contributed by atoms with Gasteiger partial charge >= 0.3 is 0 Å². The summed E-state index contributed by atoms with van der Waals surface area (Å²) < 4.78 is 3.63. The summed E-state index contributed by atoms with van der Waals surface area (Å²) in [5, 5.41) is 9.96. The van der Waals surface area contributed by atoms with Crippen LogP contribution in [0.25, 0.3) is 16.7 Å². The number of amides is 1. The van der Waals surface area contributed by atoms with Crippen molar-refractivity contribution in [1.29, 1.82) is 0 Å². The summed E-state index contributed by atoms with van der Waals surface area (Å²) in [6, 6.07) is 7.54. The highest BCUT2D eigenvalue weighted by Gasteiger charge is 2.20. The Hall–Kier alpha value is -2.35. The zero-order valence-electron chi connectivity index (χ0n) is 16.8. The molecule has 2 aromatic heterocycles.